The topological polar surface area (TPSA) is 69.2 Å². The molecule has 1 atom stereocenters. The van der Waals surface area contributed by atoms with E-state index >= 15 is 0 Å². The molecule has 0 aliphatic rings. The van der Waals surface area contributed by atoms with E-state index in [0.29, 0.717) is 6.42 Å². The molecule has 0 spiro atoms. The fourth-order valence-electron chi connectivity index (χ4n) is 2.12. The van der Waals surface area contributed by atoms with E-state index in [9.17, 15) is 10.1 Å². The van der Waals surface area contributed by atoms with E-state index in [-0.39, 0.29) is 11.7 Å². The first-order valence-corrected chi connectivity index (χ1v) is 7.98. The Balaban J connectivity index is 2.08. The van der Waals surface area contributed by atoms with Crippen LogP contribution >= 0.6 is 31.9 Å². The minimum Gasteiger partial charge on any atom is -0.327 e. The minimum absolute atomic E-state index is 0.0542. The van der Waals surface area contributed by atoms with Gasteiger partial charge in [-0.05, 0) is 30.0 Å². The average molecular weight is 414 g/mol. The van der Waals surface area contributed by atoms with Crippen molar-refractivity contribution in [3.8, 4) is 0 Å². The van der Waals surface area contributed by atoms with Gasteiger partial charge in [0.2, 0.25) is 0 Å². The molecule has 0 heterocycles. The van der Waals surface area contributed by atoms with Crippen LogP contribution in [0.5, 0.6) is 0 Å². The molecule has 21 heavy (non-hydrogen) atoms. The molecule has 6 heteroatoms. The van der Waals surface area contributed by atoms with Crippen LogP contribution in [-0.4, -0.2) is 11.0 Å². The van der Waals surface area contributed by atoms with Crippen LogP contribution in [0.1, 0.15) is 11.1 Å². The van der Waals surface area contributed by atoms with Crippen LogP contribution < -0.4 is 5.73 Å². The zero-order chi connectivity index (χ0) is 15.4. The summed E-state index contributed by atoms with van der Waals surface area (Å²) in [6.07, 6.45) is 1.39. The predicted octanol–water partition coefficient (Wildman–Crippen LogP) is 4.23. The molecule has 0 saturated heterocycles. The quantitative estimate of drug-likeness (QED) is 0.588. The third-order valence-electron chi connectivity index (χ3n) is 3.17. The lowest BCUT2D eigenvalue weighted by atomic mass is 9.99. The highest BCUT2D eigenvalue weighted by Crippen LogP contribution is 2.25. The highest BCUT2D eigenvalue weighted by atomic mass is 79.9. The molecule has 110 valence electrons. The fourth-order valence-corrected chi connectivity index (χ4v) is 3.09. The lowest BCUT2D eigenvalue weighted by Gasteiger charge is -2.14. The van der Waals surface area contributed by atoms with E-state index in [1.807, 2.05) is 24.3 Å². The lowest BCUT2D eigenvalue weighted by molar-refractivity contribution is -0.384. The minimum atomic E-state index is -0.407. The van der Waals surface area contributed by atoms with Crippen molar-refractivity contribution in [3.05, 3.63) is 72.7 Å². The van der Waals surface area contributed by atoms with Crippen LogP contribution in [0.3, 0.4) is 0 Å². The van der Waals surface area contributed by atoms with Crippen LogP contribution in [0.4, 0.5) is 5.69 Å². The second-order valence-electron chi connectivity index (χ2n) is 4.79. The number of benzene rings is 2. The first kappa shape index (κ1) is 16.1. The highest BCUT2D eigenvalue weighted by Gasteiger charge is 2.13. The van der Waals surface area contributed by atoms with Crippen LogP contribution in [0.2, 0.25) is 0 Å². The van der Waals surface area contributed by atoms with Crippen LogP contribution in [0.25, 0.3) is 0 Å². The van der Waals surface area contributed by atoms with E-state index in [1.54, 1.807) is 6.07 Å². The Bertz CT molecular complexity index is 662. The van der Waals surface area contributed by atoms with Gasteiger partial charge in [0.25, 0.3) is 5.69 Å². The molecule has 0 radical (unpaired) electrons. The van der Waals surface area contributed by atoms with E-state index in [0.717, 1.165) is 26.5 Å². The van der Waals surface area contributed by atoms with Gasteiger partial charge in [0.1, 0.15) is 0 Å². The van der Waals surface area contributed by atoms with Gasteiger partial charge >= 0.3 is 0 Å². The summed E-state index contributed by atoms with van der Waals surface area (Å²) in [7, 11) is 0. The molecule has 0 fully saturated rings. The summed E-state index contributed by atoms with van der Waals surface area (Å²) in [6, 6.07) is 12.7. The van der Waals surface area contributed by atoms with Crippen molar-refractivity contribution in [2.75, 3.05) is 0 Å². The highest BCUT2D eigenvalue weighted by molar-refractivity contribution is 9.10. The van der Waals surface area contributed by atoms with Crippen LogP contribution in [0, 0.1) is 10.1 Å². The number of halogens is 2. The molecular weight excluding hydrogens is 400 g/mol. The van der Waals surface area contributed by atoms with E-state index in [2.05, 4.69) is 31.9 Å². The molecular formula is C15H14Br2N2O2. The van der Waals surface area contributed by atoms with Crippen molar-refractivity contribution < 1.29 is 4.92 Å². The number of nitrogens with zero attached hydrogens (tertiary/aromatic N) is 1. The fraction of sp³-hybridized carbons (Fsp3) is 0.200. The Morgan fingerprint density at radius 2 is 1.67 bits per heavy atom. The van der Waals surface area contributed by atoms with Crippen molar-refractivity contribution in [1.82, 2.24) is 0 Å². The van der Waals surface area contributed by atoms with Gasteiger partial charge in [0.15, 0.2) is 0 Å². The summed E-state index contributed by atoms with van der Waals surface area (Å²) in [6.45, 7) is 0. The molecule has 1 unspecified atom stereocenters. The van der Waals surface area contributed by atoms with E-state index in [4.69, 9.17) is 5.73 Å². The Kier molecular flexibility index (Phi) is 5.50. The molecule has 0 bridgehead atoms. The number of nitro groups is 1. The second-order valence-corrected chi connectivity index (χ2v) is 6.50. The second kappa shape index (κ2) is 7.15. The van der Waals surface area contributed by atoms with Crippen molar-refractivity contribution in [1.29, 1.82) is 0 Å². The van der Waals surface area contributed by atoms with Crippen molar-refractivity contribution in [2.24, 2.45) is 5.73 Å². The average Bonchev–Trinajstić information content (AvgIpc) is 2.43. The normalized spacial score (nSPS) is 12.1. The van der Waals surface area contributed by atoms with E-state index in [1.165, 1.54) is 12.1 Å². The monoisotopic (exact) mass is 412 g/mol. The largest absolute Gasteiger partial charge is 0.327 e. The molecule has 0 amide bonds. The van der Waals surface area contributed by atoms with Gasteiger partial charge in [-0.3, -0.25) is 10.1 Å². The third kappa shape index (κ3) is 4.36. The van der Waals surface area contributed by atoms with Crippen LogP contribution in [-0.2, 0) is 12.8 Å². The summed E-state index contributed by atoms with van der Waals surface area (Å²) in [5, 5.41) is 10.7. The SMILES string of the molecule is NC(Cc1ccccc1Br)Cc1ccc([N+](=O)[O-])cc1Br. The smallest absolute Gasteiger partial charge is 0.270 e. The van der Waals surface area contributed by atoms with Gasteiger partial charge in [0.05, 0.1) is 4.92 Å². The number of nitro benzene ring substituents is 1. The molecule has 2 aromatic rings. The van der Waals surface area contributed by atoms with Crippen LogP contribution in [0.15, 0.2) is 51.4 Å². The molecule has 4 nitrogen and oxygen atoms in total. The molecule has 2 rings (SSSR count). The standard InChI is InChI=1S/C15H14Br2N2O2/c16-14-4-2-1-3-10(14)7-12(18)8-11-5-6-13(19(20)21)9-15(11)17/h1-6,9,12H,7-8,18H2. The van der Waals surface area contributed by atoms with Crippen molar-refractivity contribution >= 4 is 37.5 Å². The van der Waals surface area contributed by atoms with Gasteiger partial charge in [-0.2, -0.15) is 0 Å². The molecule has 0 saturated carbocycles. The summed E-state index contributed by atoms with van der Waals surface area (Å²) in [5.74, 6) is 0. The number of nitrogens with two attached hydrogens (primary N) is 1. The molecule has 2 aromatic carbocycles. The van der Waals surface area contributed by atoms with E-state index < -0.39 is 4.92 Å². The maximum Gasteiger partial charge on any atom is 0.270 e. The zero-order valence-electron chi connectivity index (χ0n) is 11.1. The number of hydrogen-bond acceptors (Lipinski definition) is 3. The number of rotatable bonds is 5. The summed E-state index contributed by atoms with van der Waals surface area (Å²) in [4.78, 5) is 10.3. The molecule has 0 aromatic heterocycles. The van der Waals surface area contributed by atoms with Gasteiger partial charge < -0.3 is 5.73 Å². The Labute approximate surface area is 139 Å². The molecule has 0 aliphatic carbocycles. The third-order valence-corrected chi connectivity index (χ3v) is 4.68. The first-order chi connectivity index (χ1) is 9.97. The first-order valence-electron chi connectivity index (χ1n) is 6.39. The predicted molar refractivity (Wildman–Crippen MR) is 90.3 cm³/mol. The summed E-state index contributed by atoms with van der Waals surface area (Å²) >= 11 is 6.88. The van der Waals surface area contributed by atoms with Gasteiger partial charge in [-0.1, -0.05) is 56.1 Å². The van der Waals surface area contributed by atoms with Gasteiger partial charge in [-0.25, -0.2) is 0 Å². The lowest BCUT2D eigenvalue weighted by Crippen LogP contribution is -2.25. The Hall–Kier alpha value is -1.24. The Morgan fingerprint density at radius 1 is 1.05 bits per heavy atom. The Morgan fingerprint density at radius 3 is 2.24 bits per heavy atom. The van der Waals surface area contributed by atoms with Crippen molar-refractivity contribution in [3.63, 3.8) is 0 Å². The maximum atomic E-state index is 10.7. The molecule has 0 aliphatic heterocycles. The number of non-ortho nitro benzene ring substituents is 1. The summed E-state index contributed by atoms with van der Waals surface area (Å²) in [5.41, 5.74) is 8.40. The maximum absolute atomic E-state index is 10.7. The molecule has 2 N–H and O–H groups in total. The zero-order valence-corrected chi connectivity index (χ0v) is 14.3. The number of hydrogen-bond donors (Lipinski definition) is 1. The van der Waals surface area contributed by atoms with Gasteiger partial charge in [-0.15, -0.1) is 0 Å². The van der Waals surface area contributed by atoms with Gasteiger partial charge in [0, 0.05) is 27.1 Å². The summed E-state index contributed by atoms with van der Waals surface area (Å²) < 4.78 is 1.77. The van der Waals surface area contributed by atoms with Crippen molar-refractivity contribution in [2.45, 2.75) is 18.9 Å².